The topological polar surface area (TPSA) is 103 Å². The SMILES string of the molecule is Cc1cc(-c2ccc(N3CCOCC3)nc2)c(C)c2nn(C(C(=O)Nc3nccs3)c3ncn4c3CC(F)C4)cc12. The minimum atomic E-state index is -0.999. The number of nitrogens with zero attached hydrogens (tertiary/aromatic N) is 7. The zero-order valence-corrected chi connectivity index (χ0v) is 23.6. The Kier molecular flexibility index (Phi) is 6.51. The van der Waals surface area contributed by atoms with Crippen LogP contribution in [0.15, 0.2) is 48.5 Å². The van der Waals surface area contributed by atoms with Crippen LogP contribution in [0.3, 0.4) is 0 Å². The van der Waals surface area contributed by atoms with Gasteiger partial charge in [-0.1, -0.05) is 6.07 Å². The second-order valence-electron chi connectivity index (χ2n) is 10.5. The number of nitrogens with one attached hydrogen (secondary N) is 1. The molecule has 1 aromatic carbocycles. The third-order valence-electron chi connectivity index (χ3n) is 7.89. The number of ether oxygens (including phenoxy) is 1. The van der Waals surface area contributed by atoms with Gasteiger partial charge in [0.2, 0.25) is 0 Å². The Morgan fingerprint density at radius 3 is 2.80 bits per heavy atom. The van der Waals surface area contributed by atoms with Crippen LogP contribution in [0.5, 0.6) is 0 Å². The van der Waals surface area contributed by atoms with Crippen LogP contribution < -0.4 is 10.2 Å². The molecular weight excluding hydrogens is 543 g/mol. The second-order valence-corrected chi connectivity index (χ2v) is 11.4. The molecule has 0 saturated carbocycles. The normalized spacial score (nSPS) is 17.6. The molecular formula is C29H29FN8O2S. The molecule has 41 heavy (non-hydrogen) atoms. The van der Waals surface area contributed by atoms with Gasteiger partial charge in [0.15, 0.2) is 11.2 Å². The predicted octanol–water partition coefficient (Wildman–Crippen LogP) is 4.33. The van der Waals surface area contributed by atoms with Crippen molar-refractivity contribution in [2.45, 2.75) is 39.0 Å². The molecule has 210 valence electrons. The molecule has 1 N–H and O–H groups in total. The smallest absolute Gasteiger partial charge is 0.257 e. The molecule has 7 rings (SSSR count). The summed E-state index contributed by atoms with van der Waals surface area (Å²) in [5.41, 5.74) is 6.07. The van der Waals surface area contributed by atoms with Crippen molar-refractivity contribution in [3.05, 3.63) is 71.0 Å². The number of anilines is 2. The molecule has 2 aliphatic rings. The Labute approximate surface area is 239 Å². The number of halogens is 1. The van der Waals surface area contributed by atoms with Crippen molar-refractivity contribution < 1.29 is 13.9 Å². The van der Waals surface area contributed by atoms with E-state index in [1.54, 1.807) is 27.2 Å². The number of carbonyl (C=O) groups excluding carboxylic acids is 1. The fraction of sp³-hybridized carbons (Fsp3) is 0.345. The summed E-state index contributed by atoms with van der Waals surface area (Å²) in [5, 5.41) is 11.1. The number of pyridine rings is 1. The lowest BCUT2D eigenvalue weighted by molar-refractivity contribution is -0.118. The molecule has 2 aliphatic heterocycles. The van der Waals surface area contributed by atoms with Gasteiger partial charge in [0, 0.05) is 60.1 Å². The monoisotopic (exact) mass is 572 g/mol. The van der Waals surface area contributed by atoms with Gasteiger partial charge in [-0.05, 0) is 42.7 Å². The van der Waals surface area contributed by atoms with E-state index < -0.39 is 12.2 Å². The van der Waals surface area contributed by atoms with Crippen LogP contribution >= 0.6 is 11.3 Å². The molecule has 0 radical (unpaired) electrons. The van der Waals surface area contributed by atoms with Crippen molar-refractivity contribution in [2.75, 3.05) is 36.5 Å². The van der Waals surface area contributed by atoms with Gasteiger partial charge < -0.3 is 14.2 Å². The minimum Gasteiger partial charge on any atom is -0.378 e. The molecule has 5 aromatic rings. The first kappa shape index (κ1) is 25.8. The molecule has 10 nitrogen and oxygen atoms in total. The van der Waals surface area contributed by atoms with Crippen LogP contribution in [0, 0.1) is 13.8 Å². The fourth-order valence-electron chi connectivity index (χ4n) is 5.79. The summed E-state index contributed by atoms with van der Waals surface area (Å²) in [4.78, 5) is 29.5. The Balaban J connectivity index is 1.28. The largest absolute Gasteiger partial charge is 0.378 e. The third kappa shape index (κ3) is 4.66. The summed E-state index contributed by atoms with van der Waals surface area (Å²) >= 11 is 1.33. The van der Waals surface area contributed by atoms with Crippen molar-refractivity contribution in [1.29, 1.82) is 0 Å². The first-order valence-corrected chi connectivity index (χ1v) is 14.5. The molecule has 1 saturated heterocycles. The summed E-state index contributed by atoms with van der Waals surface area (Å²) < 4.78 is 23.2. The van der Waals surface area contributed by atoms with Crippen LogP contribution in [-0.4, -0.2) is 67.7 Å². The number of imidazole rings is 1. The first-order chi connectivity index (χ1) is 20.0. The van der Waals surface area contributed by atoms with E-state index in [1.165, 1.54) is 11.3 Å². The number of rotatable bonds is 6. The van der Waals surface area contributed by atoms with E-state index in [2.05, 4.69) is 38.4 Å². The molecule has 1 amide bonds. The Morgan fingerprint density at radius 2 is 2.05 bits per heavy atom. The van der Waals surface area contributed by atoms with E-state index in [1.807, 2.05) is 26.2 Å². The highest BCUT2D eigenvalue weighted by molar-refractivity contribution is 7.13. The second kappa shape index (κ2) is 10.3. The quantitative estimate of drug-likeness (QED) is 0.323. The standard InChI is InChI=1S/C29H29FN8O2S/c1-17-11-21(19-3-4-24(32-13-19)36-6-8-40-9-7-36)18(2)25-22(17)15-38(35-25)27(28(39)34-29-31-5-10-41-29)26-23-12-20(30)14-37(23)16-33-26/h3-5,10-11,13,15-16,20,27H,6-9,12,14H2,1-2H3,(H,31,34,39). The lowest BCUT2D eigenvalue weighted by Gasteiger charge is -2.27. The summed E-state index contributed by atoms with van der Waals surface area (Å²) in [6, 6.07) is 5.40. The Bertz CT molecular complexity index is 1720. The average molecular weight is 573 g/mol. The molecule has 6 heterocycles. The van der Waals surface area contributed by atoms with Crippen molar-refractivity contribution in [1.82, 2.24) is 29.3 Å². The zero-order chi connectivity index (χ0) is 28.1. The number of benzene rings is 1. The van der Waals surface area contributed by atoms with Crippen molar-refractivity contribution >= 4 is 39.1 Å². The van der Waals surface area contributed by atoms with Gasteiger partial charge in [-0.3, -0.25) is 14.8 Å². The van der Waals surface area contributed by atoms with Crippen LogP contribution in [-0.2, 0) is 22.5 Å². The molecule has 12 heteroatoms. The maximum Gasteiger partial charge on any atom is 0.257 e. The van der Waals surface area contributed by atoms with Gasteiger partial charge in [-0.15, -0.1) is 11.3 Å². The average Bonchev–Trinajstić information content (AvgIpc) is 3.78. The minimum absolute atomic E-state index is 0.215. The van der Waals surface area contributed by atoms with E-state index in [9.17, 15) is 9.18 Å². The van der Waals surface area contributed by atoms with Crippen LogP contribution in [0.1, 0.15) is 28.6 Å². The predicted molar refractivity (Wildman–Crippen MR) is 155 cm³/mol. The highest BCUT2D eigenvalue weighted by Crippen LogP contribution is 2.35. The fourth-order valence-corrected chi connectivity index (χ4v) is 6.32. The number of aryl methyl sites for hydroxylation is 2. The molecule has 1 fully saturated rings. The zero-order valence-electron chi connectivity index (χ0n) is 22.7. The van der Waals surface area contributed by atoms with Crippen LogP contribution in [0.25, 0.3) is 22.0 Å². The lowest BCUT2D eigenvalue weighted by atomic mass is 9.96. The van der Waals surface area contributed by atoms with Gasteiger partial charge in [-0.25, -0.2) is 19.3 Å². The van der Waals surface area contributed by atoms with Gasteiger partial charge >= 0.3 is 0 Å². The summed E-state index contributed by atoms with van der Waals surface area (Å²) in [7, 11) is 0. The van der Waals surface area contributed by atoms with Crippen LogP contribution in [0.4, 0.5) is 15.3 Å². The maximum atomic E-state index is 14.3. The Hall–Kier alpha value is -4.16. The van der Waals surface area contributed by atoms with E-state index in [-0.39, 0.29) is 18.9 Å². The Morgan fingerprint density at radius 1 is 1.20 bits per heavy atom. The highest BCUT2D eigenvalue weighted by atomic mass is 32.1. The number of amides is 1. The third-order valence-corrected chi connectivity index (χ3v) is 8.58. The summed E-state index contributed by atoms with van der Waals surface area (Å²) in [5.74, 6) is 0.615. The number of carbonyl (C=O) groups is 1. The summed E-state index contributed by atoms with van der Waals surface area (Å²) in [6.07, 6.45) is 6.26. The molecule has 4 aromatic heterocycles. The summed E-state index contributed by atoms with van der Waals surface area (Å²) in [6.45, 7) is 7.40. The molecule has 0 spiro atoms. The molecule has 2 atom stereocenters. The number of thiazole rings is 1. The lowest BCUT2D eigenvalue weighted by Crippen LogP contribution is -2.36. The number of fused-ring (bicyclic) bond motifs is 2. The van der Waals surface area contributed by atoms with Crippen molar-refractivity contribution in [2.24, 2.45) is 0 Å². The first-order valence-electron chi connectivity index (χ1n) is 13.6. The number of hydrogen-bond acceptors (Lipinski definition) is 8. The number of alkyl halides is 1. The number of morpholine rings is 1. The van der Waals surface area contributed by atoms with Gasteiger partial charge in [0.1, 0.15) is 12.0 Å². The van der Waals surface area contributed by atoms with Crippen LogP contribution in [0.2, 0.25) is 0 Å². The van der Waals surface area contributed by atoms with E-state index in [0.29, 0.717) is 24.0 Å². The van der Waals surface area contributed by atoms with E-state index >= 15 is 0 Å². The van der Waals surface area contributed by atoms with E-state index in [0.717, 1.165) is 57.8 Å². The molecule has 2 unspecified atom stereocenters. The van der Waals surface area contributed by atoms with Crippen molar-refractivity contribution in [3.8, 4) is 11.1 Å². The number of aromatic nitrogens is 6. The van der Waals surface area contributed by atoms with Gasteiger partial charge in [-0.2, -0.15) is 5.10 Å². The maximum absolute atomic E-state index is 14.3. The van der Waals surface area contributed by atoms with Gasteiger partial charge in [0.05, 0.1) is 37.3 Å². The van der Waals surface area contributed by atoms with E-state index in [4.69, 9.17) is 14.8 Å². The van der Waals surface area contributed by atoms with Gasteiger partial charge in [0.25, 0.3) is 5.91 Å². The van der Waals surface area contributed by atoms with Crippen molar-refractivity contribution in [3.63, 3.8) is 0 Å². The molecule has 0 bridgehead atoms. The highest BCUT2D eigenvalue weighted by Gasteiger charge is 2.34. The number of hydrogen-bond donors (Lipinski definition) is 1. The molecule has 0 aliphatic carbocycles.